The van der Waals surface area contributed by atoms with Crippen LogP contribution < -0.4 is 10.1 Å². The first-order valence-corrected chi connectivity index (χ1v) is 7.09. The van der Waals surface area contributed by atoms with E-state index >= 15 is 0 Å². The Balaban J connectivity index is 2.06. The fourth-order valence-corrected chi connectivity index (χ4v) is 2.45. The number of carbonyl (C=O) groups excluding carboxylic acids is 1. The molecule has 112 valence electrons. The van der Waals surface area contributed by atoms with Crippen LogP contribution in [0.2, 0.25) is 0 Å². The number of benzene rings is 1. The Bertz CT molecular complexity index is 651. The Morgan fingerprint density at radius 3 is 2.71 bits per heavy atom. The average molecular weight is 354 g/mol. The minimum absolute atomic E-state index is 0.394. The lowest BCUT2D eigenvalue weighted by Gasteiger charge is -2.07. The zero-order valence-corrected chi connectivity index (χ0v) is 13.6. The van der Waals surface area contributed by atoms with Crippen LogP contribution in [-0.4, -0.2) is 20.2 Å². The van der Waals surface area contributed by atoms with Gasteiger partial charge in [0.1, 0.15) is 22.8 Å². The maximum Gasteiger partial charge on any atom is 0.341 e. The molecule has 0 aliphatic rings. The van der Waals surface area contributed by atoms with Crippen LogP contribution in [0.25, 0.3) is 0 Å². The second-order valence-electron chi connectivity index (χ2n) is 4.38. The summed E-state index contributed by atoms with van der Waals surface area (Å²) in [5.41, 5.74) is 1.36. The predicted octanol–water partition coefficient (Wildman–Crippen LogP) is 3.76. The third-order valence-electron chi connectivity index (χ3n) is 2.99. The van der Waals surface area contributed by atoms with E-state index < -0.39 is 5.97 Å². The van der Waals surface area contributed by atoms with E-state index in [0.29, 0.717) is 23.6 Å². The van der Waals surface area contributed by atoms with Crippen LogP contribution in [0.3, 0.4) is 0 Å². The van der Waals surface area contributed by atoms with Crippen LogP contribution in [0, 0.1) is 6.92 Å². The quantitative estimate of drug-likeness (QED) is 0.829. The molecule has 1 heterocycles. The monoisotopic (exact) mass is 353 g/mol. The number of methoxy groups -OCH3 is 2. The second kappa shape index (κ2) is 6.67. The zero-order chi connectivity index (χ0) is 15.4. The molecule has 0 aliphatic carbocycles. The molecule has 0 fully saturated rings. The summed E-state index contributed by atoms with van der Waals surface area (Å²) >= 11 is 3.43. The molecule has 0 spiro atoms. The van der Waals surface area contributed by atoms with Gasteiger partial charge in [-0.05, 0) is 47.1 Å². The molecule has 1 aromatic heterocycles. The Morgan fingerprint density at radius 1 is 1.33 bits per heavy atom. The van der Waals surface area contributed by atoms with Crippen LogP contribution in [-0.2, 0) is 11.3 Å². The smallest absolute Gasteiger partial charge is 0.341 e. The van der Waals surface area contributed by atoms with Crippen LogP contribution in [0.4, 0.5) is 5.69 Å². The molecule has 21 heavy (non-hydrogen) atoms. The van der Waals surface area contributed by atoms with Crippen molar-refractivity contribution in [3.63, 3.8) is 0 Å². The maximum atomic E-state index is 11.5. The van der Waals surface area contributed by atoms with E-state index in [2.05, 4.69) is 21.2 Å². The highest BCUT2D eigenvalue weighted by Gasteiger charge is 2.15. The van der Waals surface area contributed by atoms with Gasteiger partial charge in [0.05, 0.1) is 25.2 Å². The highest BCUT2D eigenvalue weighted by Crippen LogP contribution is 2.28. The Labute approximate surface area is 131 Å². The molecule has 0 amide bonds. The molecule has 0 unspecified atom stereocenters. The molecule has 0 saturated carbocycles. The van der Waals surface area contributed by atoms with Gasteiger partial charge < -0.3 is 19.2 Å². The molecule has 1 N–H and O–H groups in total. The minimum Gasteiger partial charge on any atom is -0.496 e. The molecule has 2 aromatic rings. The molecule has 5 nitrogen and oxygen atoms in total. The van der Waals surface area contributed by atoms with Crippen LogP contribution in [0.5, 0.6) is 5.75 Å². The van der Waals surface area contributed by atoms with E-state index in [-0.39, 0.29) is 0 Å². The number of furan rings is 1. The van der Waals surface area contributed by atoms with Crippen molar-refractivity contribution in [1.29, 1.82) is 0 Å². The summed E-state index contributed by atoms with van der Waals surface area (Å²) < 4.78 is 16.3. The van der Waals surface area contributed by atoms with Crippen molar-refractivity contribution in [3.05, 3.63) is 45.8 Å². The minimum atomic E-state index is -0.394. The number of aryl methyl sites for hydroxylation is 1. The normalized spacial score (nSPS) is 10.3. The first kappa shape index (κ1) is 15.4. The summed E-state index contributed by atoms with van der Waals surface area (Å²) in [7, 11) is 2.97. The van der Waals surface area contributed by atoms with Gasteiger partial charge in [-0.2, -0.15) is 0 Å². The van der Waals surface area contributed by atoms with E-state index in [4.69, 9.17) is 13.9 Å². The van der Waals surface area contributed by atoms with E-state index in [1.165, 1.54) is 7.11 Å². The number of esters is 1. The Hall–Kier alpha value is -1.95. The number of halogens is 1. The fourth-order valence-electron chi connectivity index (χ4n) is 1.91. The van der Waals surface area contributed by atoms with Crippen molar-refractivity contribution >= 4 is 27.6 Å². The van der Waals surface area contributed by atoms with E-state index in [1.54, 1.807) is 20.1 Å². The lowest BCUT2D eigenvalue weighted by Crippen LogP contribution is -2.01. The average Bonchev–Trinajstić information content (AvgIpc) is 2.85. The van der Waals surface area contributed by atoms with Gasteiger partial charge in [0.25, 0.3) is 0 Å². The Morgan fingerprint density at radius 2 is 2.10 bits per heavy atom. The molecule has 0 atom stereocenters. The van der Waals surface area contributed by atoms with Gasteiger partial charge in [-0.25, -0.2) is 4.79 Å². The zero-order valence-electron chi connectivity index (χ0n) is 12.0. The molecule has 2 rings (SSSR count). The molecular weight excluding hydrogens is 338 g/mol. The summed E-state index contributed by atoms with van der Waals surface area (Å²) in [6, 6.07) is 7.36. The molecule has 0 radical (unpaired) electrons. The number of hydrogen-bond donors (Lipinski definition) is 1. The van der Waals surface area contributed by atoms with Crippen LogP contribution in [0.1, 0.15) is 21.9 Å². The van der Waals surface area contributed by atoms with Crippen molar-refractivity contribution in [2.75, 3.05) is 19.5 Å². The van der Waals surface area contributed by atoms with Gasteiger partial charge in [0, 0.05) is 5.69 Å². The lowest BCUT2D eigenvalue weighted by molar-refractivity contribution is 0.0599. The van der Waals surface area contributed by atoms with Gasteiger partial charge in [0.15, 0.2) is 0 Å². The van der Waals surface area contributed by atoms with Gasteiger partial charge in [-0.15, -0.1) is 0 Å². The molecular formula is C15H16BrNO4. The van der Waals surface area contributed by atoms with Gasteiger partial charge in [-0.1, -0.05) is 0 Å². The van der Waals surface area contributed by atoms with E-state index in [1.807, 2.05) is 18.2 Å². The topological polar surface area (TPSA) is 60.7 Å². The predicted molar refractivity (Wildman–Crippen MR) is 82.8 cm³/mol. The van der Waals surface area contributed by atoms with Crippen molar-refractivity contribution in [2.45, 2.75) is 13.5 Å². The first-order chi connectivity index (χ1) is 10.0. The summed E-state index contributed by atoms with van der Waals surface area (Å²) in [6.07, 6.45) is 0. The SMILES string of the molecule is COC(=O)c1cc(CNc2ccc(OC)c(Br)c2)oc1C. The van der Waals surface area contributed by atoms with Crippen LogP contribution in [0.15, 0.2) is 33.2 Å². The summed E-state index contributed by atoms with van der Waals surface area (Å²) in [5, 5.41) is 3.22. The number of nitrogens with one attached hydrogen (secondary N) is 1. The molecule has 0 aliphatic heterocycles. The van der Waals surface area contributed by atoms with E-state index in [9.17, 15) is 4.79 Å². The Kier molecular flexibility index (Phi) is 4.90. The summed E-state index contributed by atoms with van der Waals surface area (Å²) in [4.78, 5) is 11.5. The first-order valence-electron chi connectivity index (χ1n) is 6.30. The molecule has 0 saturated heterocycles. The van der Waals surface area contributed by atoms with E-state index in [0.717, 1.165) is 15.9 Å². The molecule has 6 heteroatoms. The number of rotatable bonds is 5. The summed E-state index contributed by atoms with van der Waals surface area (Å²) in [5.74, 6) is 1.59. The summed E-state index contributed by atoms with van der Waals surface area (Å²) in [6.45, 7) is 2.20. The van der Waals surface area contributed by atoms with Crippen molar-refractivity contribution in [2.24, 2.45) is 0 Å². The fraction of sp³-hybridized carbons (Fsp3) is 0.267. The molecule has 1 aromatic carbocycles. The number of hydrogen-bond acceptors (Lipinski definition) is 5. The maximum absolute atomic E-state index is 11.5. The largest absolute Gasteiger partial charge is 0.496 e. The second-order valence-corrected chi connectivity index (χ2v) is 5.23. The van der Waals surface area contributed by atoms with Gasteiger partial charge in [-0.3, -0.25) is 0 Å². The van der Waals surface area contributed by atoms with Crippen LogP contribution >= 0.6 is 15.9 Å². The van der Waals surface area contributed by atoms with Crippen molar-refractivity contribution < 1.29 is 18.7 Å². The number of anilines is 1. The van der Waals surface area contributed by atoms with Crippen molar-refractivity contribution in [3.8, 4) is 5.75 Å². The highest BCUT2D eigenvalue weighted by molar-refractivity contribution is 9.10. The van der Waals surface area contributed by atoms with Crippen molar-refractivity contribution in [1.82, 2.24) is 0 Å². The number of carbonyl (C=O) groups is 1. The third-order valence-corrected chi connectivity index (χ3v) is 3.61. The lowest BCUT2D eigenvalue weighted by atomic mass is 10.2. The van der Waals surface area contributed by atoms with Gasteiger partial charge >= 0.3 is 5.97 Å². The standard InChI is InChI=1S/C15H16BrNO4/c1-9-12(15(18)20-3)7-11(21-9)8-17-10-4-5-14(19-2)13(16)6-10/h4-7,17H,8H2,1-3H3. The molecule has 0 bridgehead atoms. The van der Waals surface area contributed by atoms with Gasteiger partial charge in [0.2, 0.25) is 0 Å². The third kappa shape index (κ3) is 3.58. The number of ether oxygens (including phenoxy) is 2. The highest BCUT2D eigenvalue weighted by atomic mass is 79.9.